The van der Waals surface area contributed by atoms with Crippen LogP contribution in [0.3, 0.4) is 0 Å². The predicted octanol–water partition coefficient (Wildman–Crippen LogP) is 5.22. The Morgan fingerprint density at radius 1 is 1.12 bits per heavy atom. The fourth-order valence-corrected chi connectivity index (χ4v) is 2.04. The number of hydrogen-bond donors (Lipinski definition) is 1. The summed E-state index contributed by atoms with van der Waals surface area (Å²) in [5, 5.41) is 3.53. The highest BCUT2D eigenvalue weighted by atomic mass is 79.9. The van der Waals surface area contributed by atoms with Gasteiger partial charge < -0.3 is 5.32 Å². The van der Waals surface area contributed by atoms with Gasteiger partial charge in [-0.25, -0.2) is 0 Å². The summed E-state index contributed by atoms with van der Waals surface area (Å²) in [5.41, 5.74) is 1.21. The minimum absolute atomic E-state index is 0.568. The molecule has 1 atom stereocenters. The number of anilines is 1. The van der Waals surface area contributed by atoms with Crippen molar-refractivity contribution in [3.63, 3.8) is 0 Å². The molecule has 1 N–H and O–H groups in total. The average Bonchev–Trinajstić information content (AvgIpc) is 2.28. The van der Waals surface area contributed by atoms with E-state index in [-0.39, 0.29) is 0 Å². The van der Waals surface area contributed by atoms with Gasteiger partial charge in [0.2, 0.25) is 0 Å². The molecule has 0 aliphatic heterocycles. The van der Waals surface area contributed by atoms with Crippen molar-refractivity contribution in [3.05, 3.63) is 28.7 Å². The summed E-state index contributed by atoms with van der Waals surface area (Å²) in [6.07, 6.45) is 6.64. The molecule has 0 amide bonds. The maximum Gasteiger partial charge on any atom is 0.0342 e. The van der Waals surface area contributed by atoms with Crippen molar-refractivity contribution >= 4 is 21.6 Å². The summed E-state index contributed by atoms with van der Waals surface area (Å²) in [6, 6.07) is 8.95. The van der Waals surface area contributed by atoms with E-state index in [2.05, 4.69) is 59.4 Å². The van der Waals surface area contributed by atoms with Crippen LogP contribution in [0, 0.1) is 0 Å². The molecule has 0 saturated heterocycles. The lowest BCUT2D eigenvalue weighted by Crippen LogP contribution is -2.14. The van der Waals surface area contributed by atoms with Crippen molar-refractivity contribution in [2.24, 2.45) is 0 Å². The van der Waals surface area contributed by atoms with Crippen molar-refractivity contribution in [2.75, 3.05) is 5.32 Å². The van der Waals surface area contributed by atoms with Gasteiger partial charge in [0.05, 0.1) is 0 Å². The normalized spacial score (nSPS) is 12.4. The first-order valence-corrected chi connectivity index (χ1v) is 7.03. The van der Waals surface area contributed by atoms with Crippen LogP contribution >= 0.6 is 15.9 Å². The number of nitrogens with one attached hydrogen (secondary N) is 1. The molecule has 0 spiro atoms. The Balaban J connectivity index is 2.23. The fraction of sp³-hybridized carbons (Fsp3) is 0.571. The number of benzene rings is 1. The molecule has 0 aliphatic carbocycles. The van der Waals surface area contributed by atoms with Crippen LogP contribution in [0.2, 0.25) is 0 Å². The van der Waals surface area contributed by atoms with Crippen LogP contribution in [0.5, 0.6) is 0 Å². The summed E-state index contributed by atoms with van der Waals surface area (Å²) in [7, 11) is 0. The van der Waals surface area contributed by atoms with Crippen LogP contribution in [0.4, 0.5) is 5.69 Å². The highest BCUT2D eigenvalue weighted by Crippen LogP contribution is 2.16. The topological polar surface area (TPSA) is 12.0 Å². The number of rotatable bonds is 7. The largest absolute Gasteiger partial charge is 0.383 e. The van der Waals surface area contributed by atoms with Crippen molar-refractivity contribution in [2.45, 2.75) is 52.0 Å². The Morgan fingerprint density at radius 2 is 1.81 bits per heavy atom. The molecule has 1 unspecified atom stereocenters. The Bertz CT molecular complexity index is 281. The van der Waals surface area contributed by atoms with Crippen LogP contribution in [0.15, 0.2) is 28.7 Å². The lowest BCUT2D eigenvalue weighted by Gasteiger charge is -2.15. The number of unbranched alkanes of at least 4 members (excludes halogenated alkanes) is 3. The maximum atomic E-state index is 3.53. The predicted molar refractivity (Wildman–Crippen MR) is 76.0 cm³/mol. The molecular weight excluding hydrogens is 262 g/mol. The zero-order chi connectivity index (χ0) is 11.8. The molecule has 16 heavy (non-hydrogen) atoms. The van der Waals surface area contributed by atoms with Gasteiger partial charge in [0.25, 0.3) is 0 Å². The van der Waals surface area contributed by atoms with Gasteiger partial charge in [0.15, 0.2) is 0 Å². The molecule has 0 fully saturated rings. The fourth-order valence-electron chi connectivity index (χ4n) is 1.78. The van der Waals surface area contributed by atoms with E-state index in [4.69, 9.17) is 0 Å². The van der Waals surface area contributed by atoms with Gasteiger partial charge in [-0.3, -0.25) is 0 Å². The Labute approximate surface area is 108 Å². The van der Waals surface area contributed by atoms with E-state index in [0.29, 0.717) is 6.04 Å². The third kappa shape index (κ3) is 5.55. The quantitative estimate of drug-likeness (QED) is 0.677. The Hall–Kier alpha value is -0.500. The van der Waals surface area contributed by atoms with Crippen LogP contribution in [0.1, 0.15) is 46.0 Å². The van der Waals surface area contributed by atoms with Crippen molar-refractivity contribution in [3.8, 4) is 0 Å². The zero-order valence-corrected chi connectivity index (χ0v) is 11.9. The van der Waals surface area contributed by atoms with Crippen LogP contribution in [-0.4, -0.2) is 6.04 Å². The minimum atomic E-state index is 0.568. The molecule has 1 aromatic carbocycles. The molecule has 90 valence electrons. The Kier molecular flexibility index (Phi) is 6.55. The molecule has 0 heterocycles. The lowest BCUT2D eigenvalue weighted by molar-refractivity contribution is 0.594. The Morgan fingerprint density at radius 3 is 2.44 bits per heavy atom. The van der Waals surface area contributed by atoms with E-state index < -0.39 is 0 Å². The summed E-state index contributed by atoms with van der Waals surface area (Å²) >= 11 is 3.44. The highest BCUT2D eigenvalue weighted by Gasteiger charge is 2.01. The lowest BCUT2D eigenvalue weighted by atomic mass is 10.1. The van der Waals surface area contributed by atoms with Crippen LogP contribution < -0.4 is 5.32 Å². The molecule has 1 rings (SSSR count). The standard InChI is InChI=1S/C14H22BrN/c1-3-4-5-6-7-12(2)16-14-10-8-13(15)9-11-14/h8-12,16H,3-7H2,1-2H3. The smallest absolute Gasteiger partial charge is 0.0342 e. The molecule has 1 aromatic rings. The third-order valence-corrected chi connectivity index (χ3v) is 3.28. The van der Waals surface area contributed by atoms with Gasteiger partial charge in [0, 0.05) is 16.2 Å². The first kappa shape index (κ1) is 13.6. The van der Waals surface area contributed by atoms with Crippen LogP contribution in [0.25, 0.3) is 0 Å². The van der Waals surface area contributed by atoms with Crippen molar-refractivity contribution in [1.82, 2.24) is 0 Å². The first-order valence-electron chi connectivity index (χ1n) is 6.24. The maximum absolute atomic E-state index is 3.53. The van der Waals surface area contributed by atoms with Crippen LogP contribution in [-0.2, 0) is 0 Å². The van der Waals surface area contributed by atoms with Gasteiger partial charge in [0.1, 0.15) is 0 Å². The number of halogens is 1. The van der Waals surface area contributed by atoms with E-state index in [1.807, 2.05) is 0 Å². The highest BCUT2D eigenvalue weighted by molar-refractivity contribution is 9.10. The molecule has 0 aromatic heterocycles. The van der Waals surface area contributed by atoms with Gasteiger partial charge in [-0.2, -0.15) is 0 Å². The van der Waals surface area contributed by atoms with Gasteiger partial charge in [-0.1, -0.05) is 48.5 Å². The second-order valence-corrected chi connectivity index (χ2v) is 5.32. The molecule has 1 nitrogen and oxygen atoms in total. The summed E-state index contributed by atoms with van der Waals surface area (Å²) in [4.78, 5) is 0. The first-order chi connectivity index (χ1) is 7.72. The summed E-state index contributed by atoms with van der Waals surface area (Å²) < 4.78 is 1.13. The van der Waals surface area contributed by atoms with E-state index in [1.165, 1.54) is 37.8 Å². The minimum Gasteiger partial charge on any atom is -0.383 e. The second kappa shape index (κ2) is 7.72. The SMILES string of the molecule is CCCCCCC(C)Nc1ccc(Br)cc1. The average molecular weight is 284 g/mol. The summed E-state index contributed by atoms with van der Waals surface area (Å²) in [6.45, 7) is 4.51. The monoisotopic (exact) mass is 283 g/mol. The van der Waals surface area contributed by atoms with Crippen molar-refractivity contribution in [1.29, 1.82) is 0 Å². The molecule has 0 bridgehead atoms. The molecule has 0 aliphatic rings. The van der Waals surface area contributed by atoms with E-state index >= 15 is 0 Å². The molecular formula is C14H22BrN. The molecule has 0 saturated carbocycles. The number of hydrogen-bond acceptors (Lipinski definition) is 1. The van der Waals surface area contributed by atoms with Gasteiger partial charge in [-0.15, -0.1) is 0 Å². The zero-order valence-electron chi connectivity index (χ0n) is 10.3. The summed E-state index contributed by atoms with van der Waals surface area (Å²) in [5.74, 6) is 0. The van der Waals surface area contributed by atoms with Crippen molar-refractivity contribution < 1.29 is 0 Å². The van der Waals surface area contributed by atoms with E-state index in [1.54, 1.807) is 0 Å². The van der Waals surface area contributed by atoms with E-state index in [9.17, 15) is 0 Å². The molecule has 2 heteroatoms. The van der Waals surface area contributed by atoms with Gasteiger partial charge >= 0.3 is 0 Å². The van der Waals surface area contributed by atoms with E-state index in [0.717, 1.165) is 4.47 Å². The third-order valence-electron chi connectivity index (χ3n) is 2.75. The second-order valence-electron chi connectivity index (χ2n) is 4.40. The van der Waals surface area contributed by atoms with Gasteiger partial charge in [-0.05, 0) is 37.6 Å². The molecule has 0 radical (unpaired) electrons.